The van der Waals surface area contributed by atoms with Gasteiger partial charge in [0.15, 0.2) is 0 Å². The number of rotatable bonds is 10. The van der Waals surface area contributed by atoms with Crippen LogP contribution in [-0.2, 0) is 4.79 Å². The van der Waals surface area contributed by atoms with E-state index in [2.05, 4.69) is 10.1 Å². The summed E-state index contributed by atoms with van der Waals surface area (Å²) in [6.45, 7) is 5.11. The Morgan fingerprint density at radius 2 is 1.73 bits per heavy atom. The van der Waals surface area contributed by atoms with Crippen LogP contribution in [-0.4, -0.2) is 45.8 Å². The number of hydrogen-bond donors (Lipinski definition) is 0. The van der Waals surface area contributed by atoms with Crippen LogP contribution in [0.4, 0.5) is 0 Å². The Morgan fingerprint density at radius 3 is 2.33 bits per heavy atom. The molecule has 0 fully saturated rings. The SMILES string of the molecule is CCOc1ccc(OCCCC(=O)N(C)[C@@H](C)c2ccc(-n3cncn3)cc2)cc1. The molecule has 7 nitrogen and oxygen atoms in total. The number of carbonyl (C=O) groups is 1. The van der Waals surface area contributed by atoms with Gasteiger partial charge in [-0.15, -0.1) is 0 Å². The first-order valence-electron chi connectivity index (χ1n) is 10.1. The predicted octanol–water partition coefficient (Wildman–Crippen LogP) is 4.04. The first-order chi connectivity index (χ1) is 14.6. The van der Waals surface area contributed by atoms with Crippen LogP contribution in [0.1, 0.15) is 38.3 Å². The third-order valence-electron chi connectivity index (χ3n) is 4.97. The summed E-state index contributed by atoms with van der Waals surface area (Å²) in [5.41, 5.74) is 2.00. The van der Waals surface area contributed by atoms with Crippen molar-refractivity contribution in [2.45, 2.75) is 32.7 Å². The Bertz CT molecular complexity index is 909. The van der Waals surface area contributed by atoms with Crippen molar-refractivity contribution in [3.8, 4) is 17.2 Å². The topological polar surface area (TPSA) is 69.5 Å². The molecule has 1 amide bonds. The predicted molar refractivity (Wildman–Crippen MR) is 115 cm³/mol. The van der Waals surface area contributed by atoms with Gasteiger partial charge in [0, 0.05) is 13.5 Å². The van der Waals surface area contributed by atoms with Gasteiger partial charge in [0.2, 0.25) is 5.91 Å². The summed E-state index contributed by atoms with van der Waals surface area (Å²) in [7, 11) is 1.84. The van der Waals surface area contributed by atoms with Crippen molar-refractivity contribution in [2.75, 3.05) is 20.3 Å². The highest BCUT2D eigenvalue weighted by atomic mass is 16.5. The lowest BCUT2D eigenvalue weighted by Gasteiger charge is -2.25. The number of carbonyl (C=O) groups excluding carboxylic acids is 1. The summed E-state index contributed by atoms with van der Waals surface area (Å²) in [6.07, 6.45) is 4.26. The van der Waals surface area contributed by atoms with E-state index in [4.69, 9.17) is 9.47 Å². The minimum Gasteiger partial charge on any atom is -0.494 e. The van der Waals surface area contributed by atoms with Crippen molar-refractivity contribution < 1.29 is 14.3 Å². The van der Waals surface area contributed by atoms with E-state index < -0.39 is 0 Å². The zero-order valence-corrected chi connectivity index (χ0v) is 17.7. The minimum atomic E-state index is -0.0191. The molecule has 0 spiro atoms. The average Bonchev–Trinajstić information content (AvgIpc) is 3.32. The molecule has 0 radical (unpaired) electrons. The molecule has 0 unspecified atom stereocenters. The maximum absolute atomic E-state index is 12.6. The summed E-state index contributed by atoms with van der Waals surface area (Å²) in [5.74, 6) is 1.70. The molecule has 0 N–H and O–H groups in total. The van der Waals surface area contributed by atoms with E-state index in [1.54, 1.807) is 15.9 Å². The van der Waals surface area contributed by atoms with Gasteiger partial charge in [0.1, 0.15) is 24.2 Å². The van der Waals surface area contributed by atoms with Gasteiger partial charge in [-0.25, -0.2) is 9.67 Å². The maximum atomic E-state index is 12.6. The van der Waals surface area contributed by atoms with E-state index in [1.165, 1.54) is 6.33 Å². The Balaban J connectivity index is 1.44. The van der Waals surface area contributed by atoms with Gasteiger partial charge in [-0.1, -0.05) is 12.1 Å². The second-order valence-corrected chi connectivity index (χ2v) is 6.97. The van der Waals surface area contributed by atoms with E-state index in [0.717, 1.165) is 22.7 Å². The van der Waals surface area contributed by atoms with Crippen LogP contribution in [0.3, 0.4) is 0 Å². The number of nitrogens with zero attached hydrogens (tertiary/aromatic N) is 4. The number of amides is 1. The Hall–Kier alpha value is -3.35. The highest BCUT2D eigenvalue weighted by molar-refractivity contribution is 5.76. The van der Waals surface area contributed by atoms with Gasteiger partial charge < -0.3 is 14.4 Å². The van der Waals surface area contributed by atoms with Crippen molar-refractivity contribution in [3.05, 3.63) is 66.7 Å². The van der Waals surface area contributed by atoms with Crippen molar-refractivity contribution in [2.24, 2.45) is 0 Å². The maximum Gasteiger partial charge on any atom is 0.222 e. The molecule has 1 heterocycles. The Morgan fingerprint density at radius 1 is 1.07 bits per heavy atom. The van der Waals surface area contributed by atoms with Gasteiger partial charge in [0.25, 0.3) is 0 Å². The quantitative estimate of drug-likeness (QED) is 0.474. The third-order valence-corrected chi connectivity index (χ3v) is 4.97. The zero-order valence-electron chi connectivity index (χ0n) is 17.7. The first-order valence-corrected chi connectivity index (χ1v) is 10.1. The Kier molecular flexibility index (Phi) is 7.43. The lowest BCUT2D eigenvalue weighted by Crippen LogP contribution is -2.29. The van der Waals surface area contributed by atoms with Gasteiger partial charge in [0.05, 0.1) is 24.9 Å². The highest BCUT2D eigenvalue weighted by Crippen LogP contribution is 2.21. The molecule has 30 heavy (non-hydrogen) atoms. The van der Waals surface area contributed by atoms with Crippen LogP contribution >= 0.6 is 0 Å². The van der Waals surface area contributed by atoms with E-state index in [0.29, 0.717) is 26.1 Å². The van der Waals surface area contributed by atoms with Gasteiger partial charge in [-0.3, -0.25) is 4.79 Å². The van der Waals surface area contributed by atoms with E-state index in [-0.39, 0.29) is 11.9 Å². The lowest BCUT2D eigenvalue weighted by molar-refractivity contribution is -0.132. The zero-order chi connectivity index (χ0) is 21.3. The standard InChI is InChI=1S/C23H28N4O3/c1-4-29-21-11-13-22(14-12-21)30-15-5-6-23(28)26(3)18(2)19-7-9-20(10-8-19)27-17-24-16-25-27/h7-14,16-18H,4-6,15H2,1-3H3/t18-/m0/s1. The summed E-state index contributed by atoms with van der Waals surface area (Å²) < 4.78 is 12.8. The fourth-order valence-corrected chi connectivity index (χ4v) is 3.08. The summed E-state index contributed by atoms with van der Waals surface area (Å²) in [5, 5.41) is 4.12. The van der Waals surface area contributed by atoms with Gasteiger partial charge in [-0.2, -0.15) is 5.10 Å². The molecule has 1 atom stereocenters. The van der Waals surface area contributed by atoms with Crippen molar-refractivity contribution >= 4 is 5.91 Å². The molecule has 0 aliphatic heterocycles. The molecule has 1 aromatic heterocycles. The van der Waals surface area contributed by atoms with Crippen molar-refractivity contribution in [3.63, 3.8) is 0 Å². The molecule has 0 aliphatic rings. The van der Waals surface area contributed by atoms with Crippen LogP contribution in [0, 0.1) is 0 Å². The highest BCUT2D eigenvalue weighted by Gasteiger charge is 2.17. The molecular weight excluding hydrogens is 380 g/mol. The van der Waals surface area contributed by atoms with Crippen LogP contribution in [0.2, 0.25) is 0 Å². The number of ether oxygens (including phenoxy) is 2. The molecule has 158 valence electrons. The van der Waals surface area contributed by atoms with E-state index in [9.17, 15) is 4.79 Å². The van der Waals surface area contributed by atoms with Crippen LogP contribution in [0.5, 0.6) is 11.5 Å². The fraction of sp³-hybridized carbons (Fsp3) is 0.348. The molecule has 0 saturated heterocycles. The van der Waals surface area contributed by atoms with Crippen LogP contribution in [0.15, 0.2) is 61.2 Å². The molecule has 3 rings (SSSR count). The van der Waals surface area contributed by atoms with E-state index >= 15 is 0 Å². The minimum absolute atomic E-state index is 0.0191. The van der Waals surface area contributed by atoms with Crippen molar-refractivity contribution in [1.82, 2.24) is 19.7 Å². The normalized spacial score (nSPS) is 11.7. The molecule has 2 aromatic carbocycles. The van der Waals surface area contributed by atoms with E-state index in [1.807, 2.05) is 69.4 Å². The Labute approximate surface area is 177 Å². The molecular formula is C23H28N4O3. The molecule has 7 heteroatoms. The number of aromatic nitrogens is 3. The molecule has 0 saturated carbocycles. The lowest BCUT2D eigenvalue weighted by atomic mass is 10.1. The average molecular weight is 409 g/mol. The van der Waals surface area contributed by atoms with Gasteiger partial charge in [-0.05, 0) is 62.2 Å². The largest absolute Gasteiger partial charge is 0.494 e. The molecule has 3 aromatic rings. The monoisotopic (exact) mass is 408 g/mol. The van der Waals surface area contributed by atoms with Crippen LogP contribution < -0.4 is 9.47 Å². The van der Waals surface area contributed by atoms with Gasteiger partial charge >= 0.3 is 0 Å². The second kappa shape index (κ2) is 10.4. The number of hydrogen-bond acceptors (Lipinski definition) is 5. The fourth-order valence-electron chi connectivity index (χ4n) is 3.08. The summed E-state index contributed by atoms with van der Waals surface area (Å²) >= 11 is 0. The second-order valence-electron chi connectivity index (χ2n) is 6.97. The van der Waals surface area contributed by atoms with Crippen molar-refractivity contribution in [1.29, 1.82) is 0 Å². The third kappa shape index (κ3) is 5.59. The summed E-state index contributed by atoms with van der Waals surface area (Å²) in [6, 6.07) is 15.5. The van der Waals surface area contributed by atoms with Crippen LogP contribution in [0.25, 0.3) is 5.69 Å². The number of benzene rings is 2. The first kappa shape index (κ1) is 21.4. The summed E-state index contributed by atoms with van der Waals surface area (Å²) in [4.78, 5) is 18.3. The molecule has 0 aliphatic carbocycles. The smallest absolute Gasteiger partial charge is 0.222 e. The molecule has 0 bridgehead atoms.